The first-order valence-electron chi connectivity index (χ1n) is 9.03. The van der Waals surface area contributed by atoms with E-state index in [4.69, 9.17) is 21.1 Å². The molecule has 5 nitrogen and oxygen atoms in total. The number of hydrogen-bond acceptors (Lipinski definition) is 4. The Bertz CT molecular complexity index is 651. The summed E-state index contributed by atoms with van der Waals surface area (Å²) in [6.07, 6.45) is 3.11. The summed E-state index contributed by atoms with van der Waals surface area (Å²) in [6.45, 7) is 4.39. The molecule has 1 fully saturated rings. The van der Waals surface area contributed by atoms with E-state index in [1.54, 1.807) is 25.3 Å². The second-order valence-electron chi connectivity index (χ2n) is 7.34. The number of benzene rings is 1. The molecule has 0 saturated heterocycles. The van der Waals surface area contributed by atoms with Crippen molar-refractivity contribution >= 4 is 23.5 Å². The summed E-state index contributed by atoms with van der Waals surface area (Å²) >= 11 is 6.22. The minimum absolute atomic E-state index is 0.106. The molecule has 0 heterocycles. The zero-order chi connectivity index (χ0) is 19.3. The van der Waals surface area contributed by atoms with Crippen LogP contribution in [0.1, 0.15) is 45.1 Å². The number of nitrogens with one attached hydrogen (secondary N) is 1. The van der Waals surface area contributed by atoms with E-state index in [1.165, 1.54) is 7.11 Å². The zero-order valence-corrected chi connectivity index (χ0v) is 16.7. The fourth-order valence-corrected chi connectivity index (χ4v) is 3.89. The summed E-state index contributed by atoms with van der Waals surface area (Å²) in [5, 5.41) is 3.41. The second-order valence-corrected chi connectivity index (χ2v) is 7.74. The molecule has 2 rings (SSSR count). The Labute approximate surface area is 160 Å². The van der Waals surface area contributed by atoms with Gasteiger partial charge >= 0.3 is 5.97 Å². The van der Waals surface area contributed by atoms with Crippen molar-refractivity contribution in [2.24, 2.45) is 11.8 Å². The van der Waals surface area contributed by atoms with Crippen molar-refractivity contribution in [2.45, 2.75) is 51.5 Å². The van der Waals surface area contributed by atoms with Gasteiger partial charge in [-0.05, 0) is 55.2 Å². The van der Waals surface area contributed by atoms with Gasteiger partial charge in [-0.15, -0.1) is 0 Å². The van der Waals surface area contributed by atoms with Gasteiger partial charge in [0.1, 0.15) is 11.3 Å². The molecule has 26 heavy (non-hydrogen) atoms. The van der Waals surface area contributed by atoms with Crippen LogP contribution < -0.4 is 10.1 Å². The van der Waals surface area contributed by atoms with Crippen LogP contribution in [0.15, 0.2) is 18.2 Å². The van der Waals surface area contributed by atoms with Gasteiger partial charge in [-0.3, -0.25) is 4.79 Å². The molecule has 1 aliphatic carbocycles. The molecule has 1 aromatic rings. The Morgan fingerprint density at radius 3 is 2.42 bits per heavy atom. The zero-order valence-electron chi connectivity index (χ0n) is 15.9. The molecule has 6 heteroatoms. The minimum Gasteiger partial charge on any atom is -0.497 e. The lowest BCUT2D eigenvalue weighted by Crippen LogP contribution is -2.57. The molecule has 0 atom stereocenters. The Morgan fingerprint density at radius 2 is 1.92 bits per heavy atom. The van der Waals surface area contributed by atoms with Gasteiger partial charge in [0.2, 0.25) is 5.91 Å². The number of carbonyl (C=O) groups is 2. The highest BCUT2D eigenvalue weighted by atomic mass is 35.5. The number of amides is 1. The second kappa shape index (κ2) is 8.76. The van der Waals surface area contributed by atoms with Crippen LogP contribution in [0.2, 0.25) is 5.02 Å². The lowest BCUT2D eigenvalue weighted by Gasteiger charge is -2.39. The van der Waals surface area contributed by atoms with Gasteiger partial charge in [0.25, 0.3) is 0 Å². The largest absolute Gasteiger partial charge is 0.497 e. The number of halogens is 1. The molecule has 0 radical (unpaired) electrons. The lowest BCUT2D eigenvalue weighted by atomic mass is 9.72. The fraction of sp³-hybridized carbons (Fsp3) is 0.600. The molecule has 144 valence electrons. The van der Waals surface area contributed by atoms with Gasteiger partial charge in [-0.25, -0.2) is 4.79 Å². The van der Waals surface area contributed by atoms with Crippen LogP contribution >= 0.6 is 11.6 Å². The first-order chi connectivity index (χ1) is 12.3. The van der Waals surface area contributed by atoms with E-state index in [-0.39, 0.29) is 18.3 Å². The number of rotatable bonds is 6. The van der Waals surface area contributed by atoms with Crippen LogP contribution in [-0.4, -0.2) is 31.6 Å². The minimum atomic E-state index is -0.934. The molecule has 1 amide bonds. The van der Waals surface area contributed by atoms with Crippen molar-refractivity contribution in [1.29, 1.82) is 0 Å². The smallest absolute Gasteiger partial charge is 0.331 e. The van der Waals surface area contributed by atoms with Crippen molar-refractivity contribution in [3.63, 3.8) is 0 Å². The summed E-state index contributed by atoms with van der Waals surface area (Å²) in [6, 6.07) is 5.20. The topological polar surface area (TPSA) is 64.6 Å². The Balaban J connectivity index is 2.09. The number of methoxy groups -OCH3 is 2. The maximum atomic E-state index is 12.6. The van der Waals surface area contributed by atoms with E-state index in [1.807, 2.05) is 0 Å². The third-order valence-corrected chi connectivity index (χ3v) is 5.74. The molecule has 0 unspecified atom stereocenters. The quantitative estimate of drug-likeness (QED) is 0.762. The third kappa shape index (κ3) is 4.70. The molecule has 1 aromatic carbocycles. The molecular weight excluding hydrogens is 354 g/mol. The van der Waals surface area contributed by atoms with E-state index in [0.29, 0.717) is 41.0 Å². The van der Waals surface area contributed by atoms with Crippen molar-refractivity contribution in [1.82, 2.24) is 5.32 Å². The first kappa shape index (κ1) is 20.6. The highest BCUT2D eigenvalue weighted by Crippen LogP contribution is 2.36. The summed E-state index contributed by atoms with van der Waals surface area (Å²) in [5.41, 5.74) is -0.239. The Kier molecular flexibility index (Phi) is 6.93. The highest BCUT2D eigenvalue weighted by Gasteiger charge is 2.44. The highest BCUT2D eigenvalue weighted by molar-refractivity contribution is 6.31. The predicted octanol–water partition coefficient (Wildman–Crippen LogP) is 3.77. The number of esters is 1. The molecule has 0 bridgehead atoms. The molecule has 0 aromatic heterocycles. The van der Waals surface area contributed by atoms with Crippen LogP contribution in [-0.2, 0) is 20.7 Å². The van der Waals surface area contributed by atoms with E-state index >= 15 is 0 Å². The van der Waals surface area contributed by atoms with E-state index in [9.17, 15) is 9.59 Å². The normalized spacial score (nSPS) is 22.8. The molecule has 1 aliphatic rings. The molecule has 0 aliphatic heterocycles. The van der Waals surface area contributed by atoms with Crippen LogP contribution in [0.3, 0.4) is 0 Å². The fourth-order valence-electron chi connectivity index (χ4n) is 3.66. The number of carbonyl (C=O) groups excluding carboxylic acids is 2. The summed E-state index contributed by atoms with van der Waals surface area (Å²) < 4.78 is 10.1. The maximum absolute atomic E-state index is 12.6. The number of ether oxygens (including phenoxy) is 2. The predicted molar refractivity (Wildman–Crippen MR) is 101 cm³/mol. The average molecular weight is 382 g/mol. The van der Waals surface area contributed by atoms with Crippen molar-refractivity contribution < 1.29 is 19.1 Å². The maximum Gasteiger partial charge on any atom is 0.331 e. The van der Waals surface area contributed by atoms with Crippen molar-refractivity contribution in [3.05, 3.63) is 28.8 Å². The lowest BCUT2D eigenvalue weighted by molar-refractivity contribution is -0.153. The summed E-state index contributed by atoms with van der Waals surface area (Å²) in [5.74, 6) is 1.18. The third-order valence-electron chi connectivity index (χ3n) is 5.39. The van der Waals surface area contributed by atoms with E-state index < -0.39 is 5.54 Å². The number of hydrogen-bond donors (Lipinski definition) is 1. The van der Waals surface area contributed by atoms with Gasteiger partial charge in [-0.2, -0.15) is 0 Å². The average Bonchev–Trinajstić information content (AvgIpc) is 2.62. The van der Waals surface area contributed by atoms with Crippen molar-refractivity contribution in [2.75, 3.05) is 14.2 Å². The van der Waals surface area contributed by atoms with Gasteiger partial charge < -0.3 is 14.8 Å². The van der Waals surface area contributed by atoms with Gasteiger partial charge in [0, 0.05) is 5.02 Å². The SMILES string of the molecule is COC(=O)C1(NC(=O)Cc2ccc(OC)cc2Cl)CCC(C(C)C)CC1. The Hall–Kier alpha value is -1.75. The monoisotopic (exact) mass is 381 g/mol. The molecular formula is C20H28ClNO4. The van der Waals surface area contributed by atoms with Gasteiger partial charge in [-0.1, -0.05) is 31.5 Å². The van der Waals surface area contributed by atoms with Crippen molar-refractivity contribution in [3.8, 4) is 5.75 Å². The Morgan fingerprint density at radius 1 is 1.27 bits per heavy atom. The van der Waals surface area contributed by atoms with Gasteiger partial charge in [0.15, 0.2) is 0 Å². The first-order valence-corrected chi connectivity index (χ1v) is 9.41. The summed E-state index contributed by atoms with van der Waals surface area (Å²) in [7, 11) is 2.93. The van der Waals surface area contributed by atoms with Gasteiger partial charge in [0.05, 0.1) is 20.6 Å². The molecule has 1 saturated carbocycles. The molecule has 1 N–H and O–H groups in total. The van der Waals surface area contributed by atoms with Crippen LogP contribution in [0.5, 0.6) is 5.75 Å². The van der Waals surface area contributed by atoms with Crippen LogP contribution in [0.4, 0.5) is 0 Å². The van der Waals surface area contributed by atoms with Crippen LogP contribution in [0.25, 0.3) is 0 Å². The standard InChI is InChI=1S/C20H28ClNO4/c1-13(2)14-7-9-20(10-8-14,19(24)26-4)22-18(23)11-15-5-6-16(25-3)12-17(15)21/h5-6,12-14H,7-11H2,1-4H3,(H,22,23). The van der Waals surface area contributed by atoms with E-state index in [0.717, 1.165) is 12.8 Å². The van der Waals surface area contributed by atoms with Crippen LogP contribution in [0, 0.1) is 11.8 Å². The summed E-state index contributed by atoms with van der Waals surface area (Å²) in [4.78, 5) is 25.0. The molecule has 0 spiro atoms. The van der Waals surface area contributed by atoms with E-state index in [2.05, 4.69) is 19.2 Å².